The molecule has 1 aliphatic heterocycles. The van der Waals surface area contributed by atoms with Crippen LogP contribution in [0.15, 0.2) is 72.8 Å². The summed E-state index contributed by atoms with van der Waals surface area (Å²) in [5.41, 5.74) is 0.822. The molecule has 1 saturated heterocycles. The zero-order valence-electron chi connectivity index (χ0n) is 20.6. The van der Waals surface area contributed by atoms with Crippen molar-refractivity contribution in [3.05, 3.63) is 78.4 Å². The van der Waals surface area contributed by atoms with Crippen molar-refractivity contribution < 1.29 is 14.3 Å². The van der Waals surface area contributed by atoms with Crippen LogP contribution < -0.4 is 10.6 Å². The van der Waals surface area contributed by atoms with E-state index in [9.17, 15) is 14.9 Å². The highest BCUT2D eigenvalue weighted by Crippen LogP contribution is 2.27. The van der Waals surface area contributed by atoms with E-state index in [1.807, 2.05) is 79.7 Å². The van der Waals surface area contributed by atoms with E-state index in [4.69, 9.17) is 4.74 Å². The molecule has 4 rings (SSSR count). The highest BCUT2D eigenvalue weighted by Gasteiger charge is 2.42. The fourth-order valence-corrected chi connectivity index (χ4v) is 4.59. The van der Waals surface area contributed by atoms with Gasteiger partial charge in [0.2, 0.25) is 5.91 Å². The SMILES string of the molecule is CC(CCOC(=O)Nc1ccc2ccccc2c1)CC(=O)N(Cc1ccccc1)C1(C#N)CCNC1. The van der Waals surface area contributed by atoms with E-state index < -0.39 is 11.6 Å². The molecule has 186 valence electrons. The summed E-state index contributed by atoms with van der Waals surface area (Å²) in [4.78, 5) is 27.4. The number of rotatable bonds is 9. The first kappa shape index (κ1) is 25.2. The average molecular weight is 485 g/mol. The molecule has 2 N–H and O–H groups in total. The van der Waals surface area contributed by atoms with Gasteiger partial charge in [0.05, 0.1) is 12.7 Å². The predicted molar refractivity (Wildman–Crippen MR) is 140 cm³/mol. The maximum atomic E-state index is 13.4. The second-order valence-corrected chi connectivity index (χ2v) is 9.46. The first-order chi connectivity index (χ1) is 17.5. The Hall–Kier alpha value is -3.89. The fraction of sp³-hybridized carbons (Fsp3) is 0.345. The summed E-state index contributed by atoms with van der Waals surface area (Å²) in [7, 11) is 0. The third-order valence-electron chi connectivity index (χ3n) is 6.70. The second kappa shape index (κ2) is 11.7. The maximum absolute atomic E-state index is 13.4. The normalized spacial score (nSPS) is 17.8. The summed E-state index contributed by atoms with van der Waals surface area (Å²) in [6, 6.07) is 25.8. The lowest BCUT2D eigenvalue weighted by Crippen LogP contribution is -2.52. The van der Waals surface area contributed by atoms with Gasteiger partial charge in [0, 0.05) is 25.2 Å². The summed E-state index contributed by atoms with van der Waals surface area (Å²) in [6.45, 7) is 3.75. The van der Waals surface area contributed by atoms with Crippen molar-refractivity contribution in [2.24, 2.45) is 5.92 Å². The highest BCUT2D eigenvalue weighted by molar-refractivity contribution is 5.91. The van der Waals surface area contributed by atoms with Crippen LogP contribution in [0.25, 0.3) is 10.8 Å². The Morgan fingerprint density at radius 2 is 1.86 bits per heavy atom. The van der Waals surface area contributed by atoms with Crippen LogP contribution in [0, 0.1) is 17.2 Å². The maximum Gasteiger partial charge on any atom is 0.411 e. The van der Waals surface area contributed by atoms with Crippen LogP contribution >= 0.6 is 0 Å². The molecule has 2 atom stereocenters. The molecule has 2 unspecified atom stereocenters. The number of benzene rings is 3. The number of hydrogen-bond donors (Lipinski definition) is 2. The van der Waals surface area contributed by atoms with E-state index in [1.165, 1.54) is 0 Å². The van der Waals surface area contributed by atoms with Crippen LogP contribution in [-0.2, 0) is 16.1 Å². The summed E-state index contributed by atoms with van der Waals surface area (Å²) < 4.78 is 5.37. The number of hydrogen-bond acceptors (Lipinski definition) is 5. The molecule has 0 bridgehead atoms. The molecule has 3 aromatic carbocycles. The zero-order chi connectivity index (χ0) is 25.4. The molecule has 0 radical (unpaired) electrons. The zero-order valence-corrected chi connectivity index (χ0v) is 20.6. The van der Waals surface area contributed by atoms with Gasteiger partial charge in [0.15, 0.2) is 0 Å². The fourth-order valence-electron chi connectivity index (χ4n) is 4.59. The number of fused-ring (bicyclic) bond motifs is 1. The standard InChI is InChI=1S/C29H32N4O3/c1-22(13-16-36-28(35)32-26-12-11-24-9-5-6-10-25(24)18-26)17-27(34)33(19-23-7-3-2-4-8-23)29(20-30)14-15-31-21-29/h2-12,18,22,31H,13-17,19,21H2,1H3,(H,32,35). The molecule has 0 aromatic heterocycles. The monoisotopic (exact) mass is 484 g/mol. The van der Waals surface area contributed by atoms with Crippen molar-refractivity contribution in [1.82, 2.24) is 10.2 Å². The molecule has 0 saturated carbocycles. The molecule has 1 fully saturated rings. The lowest BCUT2D eigenvalue weighted by atomic mass is 9.94. The number of anilines is 1. The van der Waals surface area contributed by atoms with Crippen LogP contribution in [0.1, 0.15) is 31.7 Å². The minimum Gasteiger partial charge on any atom is -0.449 e. The van der Waals surface area contributed by atoms with Crippen LogP contribution in [0.5, 0.6) is 0 Å². The minimum atomic E-state index is -0.844. The van der Waals surface area contributed by atoms with E-state index in [1.54, 1.807) is 4.90 Å². The first-order valence-corrected chi connectivity index (χ1v) is 12.4. The molecular formula is C29H32N4O3. The van der Waals surface area contributed by atoms with Gasteiger partial charge in [-0.3, -0.25) is 10.1 Å². The van der Waals surface area contributed by atoms with Gasteiger partial charge in [-0.05, 0) is 53.8 Å². The summed E-state index contributed by atoms with van der Waals surface area (Å²) in [5, 5.41) is 18.1. The first-order valence-electron chi connectivity index (χ1n) is 12.4. The van der Waals surface area contributed by atoms with Gasteiger partial charge < -0.3 is 15.0 Å². The Labute approximate surface area is 212 Å². The number of nitrogens with one attached hydrogen (secondary N) is 2. The van der Waals surface area contributed by atoms with E-state index in [2.05, 4.69) is 16.7 Å². The Bertz CT molecular complexity index is 1230. The van der Waals surface area contributed by atoms with Crippen molar-refractivity contribution in [1.29, 1.82) is 5.26 Å². The van der Waals surface area contributed by atoms with Crippen molar-refractivity contribution in [3.8, 4) is 6.07 Å². The third kappa shape index (κ3) is 6.21. The second-order valence-electron chi connectivity index (χ2n) is 9.46. The Morgan fingerprint density at radius 3 is 2.58 bits per heavy atom. The molecule has 1 aliphatic rings. The van der Waals surface area contributed by atoms with Crippen LogP contribution in [-0.4, -0.2) is 42.1 Å². The topological polar surface area (TPSA) is 94.5 Å². The number of carbonyl (C=O) groups is 2. The predicted octanol–water partition coefficient (Wildman–Crippen LogP) is 5.09. The quantitative estimate of drug-likeness (QED) is 0.441. The Kier molecular flexibility index (Phi) is 8.19. The van der Waals surface area contributed by atoms with Gasteiger partial charge in [-0.1, -0.05) is 67.6 Å². The van der Waals surface area contributed by atoms with Gasteiger partial charge in [-0.25, -0.2) is 4.79 Å². The largest absolute Gasteiger partial charge is 0.449 e. The summed E-state index contributed by atoms with van der Waals surface area (Å²) in [6.07, 6.45) is 0.920. The van der Waals surface area contributed by atoms with E-state index in [0.29, 0.717) is 38.2 Å². The minimum absolute atomic E-state index is 0.00523. The van der Waals surface area contributed by atoms with Crippen molar-refractivity contribution in [2.75, 3.05) is 25.0 Å². The van der Waals surface area contributed by atoms with E-state index in [0.717, 1.165) is 16.3 Å². The van der Waals surface area contributed by atoms with Gasteiger partial charge in [0.25, 0.3) is 0 Å². The molecule has 0 aliphatic carbocycles. The molecule has 1 heterocycles. The van der Waals surface area contributed by atoms with Crippen molar-refractivity contribution in [3.63, 3.8) is 0 Å². The molecular weight excluding hydrogens is 452 g/mol. The van der Waals surface area contributed by atoms with Gasteiger partial charge >= 0.3 is 6.09 Å². The van der Waals surface area contributed by atoms with Crippen LogP contribution in [0.4, 0.5) is 10.5 Å². The third-order valence-corrected chi connectivity index (χ3v) is 6.70. The molecule has 36 heavy (non-hydrogen) atoms. The molecule has 2 amide bonds. The number of carbonyl (C=O) groups excluding carboxylic acids is 2. The molecule has 7 nitrogen and oxygen atoms in total. The lowest BCUT2D eigenvalue weighted by molar-refractivity contribution is -0.137. The van der Waals surface area contributed by atoms with Crippen LogP contribution in [0.3, 0.4) is 0 Å². The number of ether oxygens (including phenoxy) is 1. The van der Waals surface area contributed by atoms with E-state index in [-0.39, 0.29) is 24.9 Å². The number of nitrogens with zero attached hydrogens (tertiary/aromatic N) is 2. The van der Waals surface area contributed by atoms with Gasteiger partial charge in [-0.2, -0.15) is 5.26 Å². The molecule has 7 heteroatoms. The Balaban J connectivity index is 1.29. The summed E-state index contributed by atoms with van der Waals surface area (Å²) in [5.74, 6) is -0.0634. The molecule has 0 spiro atoms. The van der Waals surface area contributed by atoms with Crippen molar-refractivity contribution >= 4 is 28.5 Å². The number of amides is 2. The average Bonchev–Trinajstić information content (AvgIpc) is 3.38. The van der Waals surface area contributed by atoms with Crippen LogP contribution in [0.2, 0.25) is 0 Å². The smallest absolute Gasteiger partial charge is 0.411 e. The van der Waals surface area contributed by atoms with E-state index >= 15 is 0 Å². The Morgan fingerprint density at radius 1 is 1.11 bits per heavy atom. The van der Waals surface area contributed by atoms with Crippen molar-refractivity contribution in [2.45, 2.75) is 38.3 Å². The van der Waals surface area contributed by atoms with Gasteiger partial charge in [-0.15, -0.1) is 0 Å². The number of nitriles is 1. The van der Waals surface area contributed by atoms with Gasteiger partial charge in [0.1, 0.15) is 5.54 Å². The lowest BCUT2D eigenvalue weighted by Gasteiger charge is -2.36. The highest BCUT2D eigenvalue weighted by atomic mass is 16.5. The summed E-state index contributed by atoms with van der Waals surface area (Å²) >= 11 is 0. The molecule has 3 aromatic rings.